The topological polar surface area (TPSA) is 90.9 Å². The summed E-state index contributed by atoms with van der Waals surface area (Å²) in [5.41, 5.74) is 6.03. The molecule has 1 saturated heterocycles. The number of benzene rings is 1. The molecule has 0 aliphatic carbocycles. The molecule has 38 heavy (non-hydrogen) atoms. The average Bonchev–Trinajstić information content (AvgIpc) is 3.40. The van der Waals surface area contributed by atoms with Gasteiger partial charge in [-0.3, -0.25) is 9.97 Å². The molecule has 0 saturated carbocycles. The Bertz CT molecular complexity index is 1610. The molecule has 0 bridgehead atoms. The van der Waals surface area contributed by atoms with Crippen LogP contribution in [-0.2, 0) is 17.4 Å². The largest absolute Gasteiger partial charge is 0.386 e. The molecule has 196 valence electrons. The fraction of sp³-hybridized carbons (Fsp3) is 0.379. The first-order valence-electron chi connectivity index (χ1n) is 13.0. The van der Waals surface area contributed by atoms with Crippen molar-refractivity contribution in [2.75, 3.05) is 13.2 Å². The molecule has 1 N–H and O–H groups in total. The number of aryl methyl sites for hydroxylation is 2. The maximum atomic E-state index is 10.9. The second-order valence-corrected chi connectivity index (χ2v) is 11.1. The van der Waals surface area contributed by atoms with Gasteiger partial charge in [-0.1, -0.05) is 22.9 Å². The summed E-state index contributed by atoms with van der Waals surface area (Å²) in [6.07, 6.45) is 5.45. The Balaban J connectivity index is 1.72. The summed E-state index contributed by atoms with van der Waals surface area (Å²) < 4.78 is 9.85. The van der Waals surface area contributed by atoms with Gasteiger partial charge in [0.1, 0.15) is 0 Å². The van der Waals surface area contributed by atoms with Gasteiger partial charge in [0.15, 0.2) is 0 Å². The average molecular weight is 531 g/mol. The van der Waals surface area contributed by atoms with Crippen LogP contribution in [0.5, 0.6) is 0 Å². The molecule has 1 atom stereocenters. The molecular formula is C29H31ClN6O2. The van der Waals surface area contributed by atoms with Crippen molar-refractivity contribution in [2.24, 2.45) is 13.0 Å². The molecule has 0 spiro atoms. The predicted molar refractivity (Wildman–Crippen MR) is 148 cm³/mol. The van der Waals surface area contributed by atoms with Crippen LogP contribution >= 0.6 is 11.6 Å². The summed E-state index contributed by atoms with van der Waals surface area (Å²) in [6, 6.07) is 12.2. The van der Waals surface area contributed by atoms with Gasteiger partial charge >= 0.3 is 0 Å². The zero-order valence-electron chi connectivity index (χ0n) is 22.0. The number of aromatic nitrogens is 6. The van der Waals surface area contributed by atoms with E-state index in [1.165, 1.54) is 0 Å². The van der Waals surface area contributed by atoms with E-state index in [9.17, 15) is 5.11 Å². The van der Waals surface area contributed by atoms with Crippen LogP contribution in [0.4, 0.5) is 0 Å². The zero-order chi connectivity index (χ0) is 26.6. The Morgan fingerprint density at radius 2 is 1.89 bits per heavy atom. The molecule has 4 aromatic heterocycles. The van der Waals surface area contributed by atoms with E-state index in [2.05, 4.69) is 33.1 Å². The number of rotatable bonds is 5. The maximum Gasteiger partial charge on any atom is 0.0960 e. The third-order valence-corrected chi connectivity index (χ3v) is 7.98. The van der Waals surface area contributed by atoms with Crippen molar-refractivity contribution in [1.82, 2.24) is 29.5 Å². The van der Waals surface area contributed by atoms with Crippen molar-refractivity contribution in [3.8, 4) is 11.3 Å². The van der Waals surface area contributed by atoms with Gasteiger partial charge in [0.05, 0.1) is 50.3 Å². The highest BCUT2D eigenvalue weighted by Gasteiger charge is 2.32. The van der Waals surface area contributed by atoms with E-state index in [1.807, 2.05) is 38.4 Å². The highest BCUT2D eigenvalue weighted by Crippen LogP contribution is 2.43. The van der Waals surface area contributed by atoms with E-state index >= 15 is 0 Å². The minimum Gasteiger partial charge on any atom is -0.386 e. The van der Waals surface area contributed by atoms with Gasteiger partial charge in [0.2, 0.25) is 0 Å². The van der Waals surface area contributed by atoms with E-state index in [4.69, 9.17) is 26.3 Å². The van der Waals surface area contributed by atoms with Crippen LogP contribution in [0.25, 0.3) is 33.2 Å². The van der Waals surface area contributed by atoms with E-state index in [0.29, 0.717) is 10.9 Å². The van der Waals surface area contributed by atoms with E-state index in [0.717, 1.165) is 76.2 Å². The van der Waals surface area contributed by atoms with E-state index in [1.54, 1.807) is 24.7 Å². The van der Waals surface area contributed by atoms with Crippen molar-refractivity contribution >= 4 is 33.5 Å². The number of fused-ring (bicyclic) bond motifs is 3. The van der Waals surface area contributed by atoms with Crippen molar-refractivity contribution in [3.05, 3.63) is 70.8 Å². The van der Waals surface area contributed by atoms with Crippen LogP contribution in [0.3, 0.4) is 0 Å². The first kappa shape index (κ1) is 25.0. The molecule has 0 unspecified atom stereocenters. The van der Waals surface area contributed by atoms with Gasteiger partial charge in [-0.25, -0.2) is 4.68 Å². The van der Waals surface area contributed by atoms with Crippen molar-refractivity contribution in [1.29, 1.82) is 0 Å². The number of halogens is 1. The quantitative estimate of drug-likeness (QED) is 0.319. The molecule has 0 amide bonds. The van der Waals surface area contributed by atoms with Crippen LogP contribution < -0.4 is 0 Å². The lowest BCUT2D eigenvalue weighted by atomic mass is 9.88. The molecule has 5 aromatic rings. The van der Waals surface area contributed by atoms with Crippen LogP contribution in [0.15, 0.2) is 48.8 Å². The number of aliphatic hydroxyl groups is 1. The zero-order valence-corrected chi connectivity index (χ0v) is 22.8. The number of nitrogens with zero attached hydrogens (tertiary/aromatic N) is 6. The molecule has 1 aliphatic rings. The van der Waals surface area contributed by atoms with Crippen molar-refractivity contribution < 1.29 is 9.84 Å². The Kier molecular flexibility index (Phi) is 6.21. The van der Waals surface area contributed by atoms with Gasteiger partial charge < -0.3 is 14.4 Å². The molecule has 1 fully saturated rings. The van der Waals surface area contributed by atoms with Gasteiger partial charge in [-0.15, -0.1) is 5.10 Å². The predicted octanol–water partition coefficient (Wildman–Crippen LogP) is 5.59. The lowest BCUT2D eigenvalue weighted by Gasteiger charge is -2.32. The number of hydrogen-bond acceptors (Lipinski definition) is 6. The highest BCUT2D eigenvalue weighted by molar-refractivity contribution is 6.34. The van der Waals surface area contributed by atoms with Gasteiger partial charge in [-0.05, 0) is 69.9 Å². The normalized spacial score (nSPS) is 15.9. The standard InChI is InChI=1S/C29H31ClN6O2/c1-17-27(35(4)34-33-17)20-15-24-21(14-22(20)30)26-25(13-19(16-32-26)29(2,3)37)36(24)28(18-8-11-38-12-9-18)23-7-5-6-10-31-23/h5-7,10,13-16,18,28,37H,8-9,11-12H2,1-4H3/t28-/m0/s1. The first-order valence-corrected chi connectivity index (χ1v) is 13.3. The molecule has 6 rings (SSSR count). The van der Waals surface area contributed by atoms with Crippen LogP contribution in [-0.4, -0.2) is 47.8 Å². The molecule has 5 heterocycles. The smallest absolute Gasteiger partial charge is 0.0960 e. The summed E-state index contributed by atoms with van der Waals surface area (Å²) in [7, 11) is 1.88. The summed E-state index contributed by atoms with van der Waals surface area (Å²) in [4.78, 5) is 9.70. The van der Waals surface area contributed by atoms with Crippen LogP contribution in [0.1, 0.15) is 49.7 Å². The third kappa shape index (κ3) is 4.17. The Labute approximate surface area is 226 Å². The highest BCUT2D eigenvalue weighted by atomic mass is 35.5. The second-order valence-electron chi connectivity index (χ2n) is 10.7. The fourth-order valence-corrected chi connectivity index (χ4v) is 5.99. The number of ether oxygens (including phenoxy) is 1. The van der Waals surface area contributed by atoms with E-state index in [-0.39, 0.29) is 6.04 Å². The fourth-order valence-electron chi connectivity index (χ4n) is 5.74. The molecule has 0 radical (unpaired) electrons. The van der Waals surface area contributed by atoms with Crippen LogP contribution in [0, 0.1) is 12.8 Å². The van der Waals surface area contributed by atoms with Gasteiger partial charge in [0.25, 0.3) is 0 Å². The Morgan fingerprint density at radius 3 is 2.55 bits per heavy atom. The van der Waals surface area contributed by atoms with Gasteiger partial charge in [-0.2, -0.15) is 0 Å². The number of pyridine rings is 2. The molecule has 9 heteroatoms. The van der Waals surface area contributed by atoms with Crippen molar-refractivity contribution in [3.63, 3.8) is 0 Å². The SMILES string of the molecule is Cc1nnn(C)c1-c1cc2c(cc1Cl)c1ncc(C(C)(C)O)cc1n2[C@H](c1ccccn1)C1CCOCC1. The van der Waals surface area contributed by atoms with Gasteiger partial charge in [0, 0.05) is 49.2 Å². The molecule has 1 aromatic carbocycles. The Hall–Kier alpha value is -3.33. The molecule has 1 aliphatic heterocycles. The maximum absolute atomic E-state index is 10.9. The summed E-state index contributed by atoms with van der Waals surface area (Å²) >= 11 is 6.92. The van der Waals surface area contributed by atoms with Crippen molar-refractivity contribution in [2.45, 2.75) is 45.3 Å². The monoisotopic (exact) mass is 530 g/mol. The van der Waals surface area contributed by atoms with E-state index < -0.39 is 5.60 Å². The minimum absolute atomic E-state index is 0.0567. The minimum atomic E-state index is -1.04. The van der Waals surface area contributed by atoms with Crippen LogP contribution in [0.2, 0.25) is 5.02 Å². The Morgan fingerprint density at radius 1 is 1.11 bits per heavy atom. The summed E-state index contributed by atoms with van der Waals surface area (Å²) in [5, 5.41) is 20.9. The summed E-state index contributed by atoms with van der Waals surface area (Å²) in [5.74, 6) is 0.308. The third-order valence-electron chi connectivity index (χ3n) is 7.67. The molecule has 8 nitrogen and oxygen atoms in total. The summed E-state index contributed by atoms with van der Waals surface area (Å²) in [6.45, 7) is 6.94. The number of hydrogen-bond donors (Lipinski definition) is 1. The second kappa shape index (κ2) is 9.45. The molecular weight excluding hydrogens is 500 g/mol. The lowest BCUT2D eigenvalue weighted by Crippen LogP contribution is -2.27. The first-order chi connectivity index (χ1) is 18.2. The lowest BCUT2D eigenvalue weighted by molar-refractivity contribution is 0.0547.